The van der Waals surface area contributed by atoms with Crippen LogP contribution in [0.25, 0.3) is 0 Å². The summed E-state index contributed by atoms with van der Waals surface area (Å²) in [5.74, 6) is -1.20. The van der Waals surface area contributed by atoms with Gasteiger partial charge >= 0.3 is 12.0 Å². The molecule has 7 heteroatoms. The molecule has 0 radical (unpaired) electrons. The molecule has 0 bridgehead atoms. The van der Waals surface area contributed by atoms with Crippen LogP contribution in [0.5, 0.6) is 0 Å². The Morgan fingerprint density at radius 2 is 1.89 bits per heavy atom. The van der Waals surface area contributed by atoms with E-state index in [-0.39, 0.29) is 17.7 Å². The molecule has 4 atom stereocenters. The van der Waals surface area contributed by atoms with Gasteiger partial charge in [0.15, 0.2) is 0 Å². The van der Waals surface area contributed by atoms with Crippen LogP contribution in [0.2, 0.25) is 0 Å². The van der Waals surface area contributed by atoms with Crippen molar-refractivity contribution in [1.29, 1.82) is 0 Å². The summed E-state index contributed by atoms with van der Waals surface area (Å²) >= 11 is 0. The maximum atomic E-state index is 11.5. The van der Waals surface area contributed by atoms with E-state index in [4.69, 9.17) is 5.11 Å². The van der Waals surface area contributed by atoms with Crippen LogP contribution in [0.1, 0.15) is 27.2 Å². The summed E-state index contributed by atoms with van der Waals surface area (Å²) in [4.78, 5) is 22.5. The van der Waals surface area contributed by atoms with Crippen LogP contribution in [0.15, 0.2) is 0 Å². The topological polar surface area (TPSA) is 95.5 Å². The Bertz CT molecular complexity index is 322. The molecule has 0 rings (SSSR count). The second-order valence-electron chi connectivity index (χ2n) is 4.37. The summed E-state index contributed by atoms with van der Waals surface area (Å²) in [6.45, 7) is 5.63. The highest BCUT2D eigenvalue weighted by Gasteiger charge is 2.25. The van der Waals surface area contributed by atoms with Crippen molar-refractivity contribution in [3.63, 3.8) is 0 Å². The van der Waals surface area contributed by atoms with Gasteiger partial charge in [-0.1, -0.05) is 20.3 Å². The Morgan fingerprint density at radius 3 is 2.28 bits per heavy atom. The fraction of sp³-hybridized carbons (Fsp3) is 0.818. The van der Waals surface area contributed by atoms with E-state index < -0.39 is 28.8 Å². The lowest BCUT2D eigenvalue weighted by molar-refractivity contribution is -0.140. The zero-order valence-electron chi connectivity index (χ0n) is 11.2. The summed E-state index contributed by atoms with van der Waals surface area (Å²) in [5, 5.41) is 13.8. The van der Waals surface area contributed by atoms with Gasteiger partial charge in [0.05, 0.1) is 0 Å². The largest absolute Gasteiger partial charge is 0.480 e. The smallest absolute Gasteiger partial charge is 0.326 e. The zero-order chi connectivity index (χ0) is 14.3. The molecule has 0 aliphatic heterocycles. The quantitative estimate of drug-likeness (QED) is 0.634. The van der Waals surface area contributed by atoms with Crippen molar-refractivity contribution in [2.24, 2.45) is 5.92 Å². The van der Waals surface area contributed by atoms with Gasteiger partial charge in [-0.15, -0.1) is 0 Å². The predicted molar refractivity (Wildman–Crippen MR) is 70.9 cm³/mol. The standard InChI is InChI=1S/C11H22N2O4S/c1-5-7(2)9(10(14)15)13-11(16)12-6-8(3)18(4)17/h7-9H,5-6H2,1-4H3,(H,14,15)(H2,12,13,16)/t7?,8?,9-,18?/m0/s1. The molecular weight excluding hydrogens is 256 g/mol. The average molecular weight is 278 g/mol. The van der Waals surface area contributed by atoms with Crippen molar-refractivity contribution in [3.8, 4) is 0 Å². The van der Waals surface area contributed by atoms with E-state index >= 15 is 0 Å². The van der Waals surface area contributed by atoms with Crippen molar-refractivity contribution in [1.82, 2.24) is 10.6 Å². The van der Waals surface area contributed by atoms with E-state index in [1.54, 1.807) is 20.1 Å². The van der Waals surface area contributed by atoms with Gasteiger partial charge in [0.1, 0.15) is 6.04 Å². The highest BCUT2D eigenvalue weighted by atomic mass is 32.2. The third-order valence-electron chi connectivity index (χ3n) is 2.88. The van der Waals surface area contributed by atoms with E-state index in [0.717, 1.165) is 0 Å². The molecule has 18 heavy (non-hydrogen) atoms. The van der Waals surface area contributed by atoms with Crippen LogP contribution in [0.4, 0.5) is 4.79 Å². The number of nitrogens with one attached hydrogen (secondary N) is 2. The molecule has 0 aromatic heterocycles. The molecule has 0 saturated carbocycles. The van der Waals surface area contributed by atoms with Crippen molar-refractivity contribution in [2.75, 3.05) is 12.8 Å². The van der Waals surface area contributed by atoms with Crippen molar-refractivity contribution >= 4 is 22.8 Å². The van der Waals surface area contributed by atoms with Crippen LogP contribution >= 0.6 is 0 Å². The number of carbonyl (C=O) groups is 2. The van der Waals surface area contributed by atoms with Crippen molar-refractivity contribution in [3.05, 3.63) is 0 Å². The first kappa shape index (κ1) is 16.9. The van der Waals surface area contributed by atoms with Crippen molar-refractivity contribution < 1.29 is 18.9 Å². The molecule has 0 aromatic rings. The Labute approximate surface area is 110 Å². The van der Waals surface area contributed by atoms with Gasteiger partial charge < -0.3 is 15.7 Å². The van der Waals surface area contributed by atoms with Crippen LogP contribution in [0.3, 0.4) is 0 Å². The fourth-order valence-electron chi connectivity index (χ4n) is 1.23. The van der Waals surface area contributed by atoms with Gasteiger partial charge in [-0.2, -0.15) is 0 Å². The lowest BCUT2D eigenvalue weighted by Gasteiger charge is -2.20. The first-order chi connectivity index (χ1) is 8.29. The van der Waals surface area contributed by atoms with Crippen LogP contribution in [0, 0.1) is 5.92 Å². The number of rotatable bonds is 7. The molecule has 0 aliphatic rings. The molecule has 3 unspecified atom stereocenters. The molecule has 0 aliphatic carbocycles. The number of aliphatic carboxylic acids is 1. The molecule has 3 N–H and O–H groups in total. The number of carboxylic acid groups (broad SMARTS) is 1. The zero-order valence-corrected chi connectivity index (χ0v) is 12.0. The summed E-state index contributed by atoms with van der Waals surface area (Å²) < 4.78 is 11.1. The Morgan fingerprint density at radius 1 is 1.33 bits per heavy atom. The minimum absolute atomic E-state index is 0.147. The average Bonchev–Trinajstić information content (AvgIpc) is 2.31. The van der Waals surface area contributed by atoms with Crippen LogP contribution < -0.4 is 10.6 Å². The number of hydrogen-bond acceptors (Lipinski definition) is 3. The number of amides is 2. The number of urea groups is 1. The maximum absolute atomic E-state index is 11.5. The van der Waals surface area contributed by atoms with E-state index in [1.165, 1.54) is 0 Å². The molecule has 0 spiro atoms. The summed E-state index contributed by atoms with van der Waals surface area (Å²) in [7, 11) is -1.02. The predicted octanol–water partition coefficient (Wildman–Crippen LogP) is 0.552. The van der Waals surface area contributed by atoms with E-state index in [0.29, 0.717) is 6.42 Å². The lowest BCUT2D eigenvalue weighted by atomic mass is 9.99. The first-order valence-corrected chi connectivity index (χ1v) is 7.51. The van der Waals surface area contributed by atoms with Gasteiger partial charge in [-0.25, -0.2) is 9.59 Å². The molecule has 0 heterocycles. The van der Waals surface area contributed by atoms with Crippen LogP contribution in [-0.4, -0.2) is 45.4 Å². The minimum Gasteiger partial charge on any atom is -0.480 e. The summed E-state index contributed by atoms with van der Waals surface area (Å²) in [6.07, 6.45) is 2.22. The third kappa shape index (κ3) is 6.00. The molecular formula is C11H22N2O4S. The third-order valence-corrected chi connectivity index (χ3v) is 4.18. The fourth-order valence-corrected chi connectivity index (χ4v) is 1.55. The Hall–Kier alpha value is -1.11. The monoisotopic (exact) mass is 278 g/mol. The molecule has 6 nitrogen and oxygen atoms in total. The van der Waals surface area contributed by atoms with Gasteiger partial charge in [0.25, 0.3) is 0 Å². The van der Waals surface area contributed by atoms with E-state index in [2.05, 4.69) is 10.6 Å². The minimum atomic E-state index is -1.05. The molecule has 0 fully saturated rings. The number of hydrogen-bond donors (Lipinski definition) is 3. The van der Waals surface area contributed by atoms with Gasteiger partial charge in [0, 0.05) is 28.9 Å². The molecule has 0 aromatic carbocycles. The molecule has 106 valence electrons. The Balaban J connectivity index is 4.27. The molecule has 0 saturated heterocycles. The second-order valence-corrected chi connectivity index (χ2v) is 6.17. The normalized spacial score (nSPS) is 17.3. The van der Waals surface area contributed by atoms with Gasteiger partial charge in [-0.3, -0.25) is 4.21 Å². The van der Waals surface area contributed by atoms with Gasteiger partial charge in [-0.05, 0) is 12.8 Å². The maximum Gasteiger partial charge on any atom is 0.326 e. The van der Waals surface area contributed by atoms with Crippen molar-refractivity contribution in [2.45, 2.75) is 38.5 Å². The molecule has 2 amide bonds. The van der Waals surface area contributed by atoms with Crippen LogP contribution in [-0.2, 0) is 15.6 Å². The highest BCUT2D eigenvalue weighted by Crippen LogP contribution is 2.07. The lowest BCUT2D eigenvalue weighted by Crippen LogP contribution is -2.50. The number of carboxylic acids is 1. The summed E-state index contributed by atoms with van der Waals surface area (Å²) in [5.41, 5.74) is 0. The summed E-state index contributed by atoms with van der Waals surface area (Å²) in [6, 6.07) is -1.45. The number of carbonyl (C=O) groups excluding carboxylic acids is 1. The highest BCUT2D eigenvalue weighted by molar-refractivity contribution is 7.84. The SMILES string of the molecule is CCC(C)[C@H](NC(=O)NCC(C)S(C)=O)C(=O)O. The Kier molecular flexibility index (Phi) is 7.58. The second kappa shape index (κ2) is 8.07. The van der Waals surface area contributed by atoms with Gasteiger partial charge in [0.2, 0.25) is 0 Å². The van der Waals surface area contributed by atoms with E-state index in [9.17, 15) is 13.8 Å². The first-order valence-electron chi connectivity index (χ1n) is 5.89. The van der Waals surface area contributed by atoms with E-state index in [1.807, 2.05) is 6.92 Å².